The third-order valence-electron chi connectivity index (χ3n) is 4.41. The molecule has 1 saturated heterocycles. The van der Waals surface area contributed by atoms with Gasteiger partial charge in [-0.05, 0) is 45.4 Å². The molecule has 1 fully saturated rings. The number of hydrogen-bond acceptors (Lipinski definition) is 3. The molecule has 3 nitrogen and oxygen atoms in total. The van der Waals surface area contributed by atoms with Crippen molar-refractivity contribution in [3.05, 3.63) is 34.9 Å². The molecule has 3 unspecified atom stereocenters. The Hall–Kier alpha value is -0.900. The van der Waals surface area contributed by atoms with Gasteiger partial charge in [0.2, 0.25) is 0 Å². The van der Waals surface area contributed by atoms with Crippen molar-refractivity contribution in [1.82, 2.24) is 10.2 Å². The summed E-state index contributed by atoms with van der Waals surface area (Å²) < 4.78 is 5.75. The van der Waals surface area contributed by atoms with Crippen LogP contribution >= 0.6 is 0 Å². The van der Waals surface area contributed by atoms with E-state index in [0.29, 0.717) is 18.2 Å². The zero-order valence-electron chi connectivity index (χ0n) is 14.1. The van der Waals surface area contributed by atoms with Crippen molar-refractivity contribution in [2.75, 3.05) is 26.2 Å². The summed E-state index contributed by atoms with van der Waals surface area (Å²) in [4.78, 5) is 2.56. The van der Waals surface area contributed by atoms with Gasteiger partial charge < -0.3 is 10.1 Å². The number of morpholine rings is 1. The fourth-order valence-corrected chi connectivity index (χ4v) is 3.12. The van der Waals surface area contributed by atoms with Crippen molar-refractivity contribution < 1.29 is 4.74 Å². The van der Waals surface area contributed by atoms with Crippen LogP contribution in [0.2, 0.25) is 0 Å². The number of ether oxygens (including phenoxy) is 1. The highest BCUT2D eigenvalue weighted by atomic mass is 16.5. The van der Waals surface area contributed by atoms with Crippen LogP contribution in [0.1, 0.15) is 43.5 Å². The molecule has 21 heavy (non-hydrogen) atoms. The van der Waals surface area contributed by atoms with E-state index < -0.39 is 0 Å². The first-order chi connectivity index (χ1) is 10.0. The normalized spacial score (nSPS) is 25.0. The molecule has 1 aliphatic rings. The summed E-state index contributed by atoms with van der Waals surface area (Å²) in [6.45, 7) is 14.9. The Morgan fingerprint density at radius 1 is 1.33 bits per heavy atom. The molecule has 1 heterocycles. The predicted octanol–water partition coefficient (Wildman–Crippen LogP) is 3.06. The van der Waals surface area contributed by atoms with Crippen molar-refractivity contribution in [2.45, 2.75) is 52.8 Å². The molecule has 1 aromatic carbocycles. The summed E-state index contributed by atoms with van der Waals surface area (Å²) in [6.07, 6.45) is 0.335. The van der Waals surface area contributed by atoms with Crippen LogP contribution in [0.15, 0.2) is 18.2 Å². The van der Waals surface area contributed by atoms with Gasteiger partial charge in [0, 0.05) is 25.2 Å². The molecule has 3 atom stereocenters. The second-order valence-electron chi connectivity index (χ2n) is 6.42. The Balaban J connectivity index is 2.16. The Bertz CT molecular complexity index is 461. The van der Waals surface area contributed by atoms with Gasteiger partial charge in [-0.3, -0.25) is 4.90 Å². The standard InChI is InChI=1S/C18H30N2O/c1-6-19-18(17-9-13(2)7-8-14(17)3)11-20-10-16(5)21-12-15(20)4/h7-9,15-16,18-19H,6,10-12H2,1-5H3. The number of rotatable bonds is 5. The van der Waals surface area contributed by atoms with Crippen LogP contribution in [0, 0.1) is 13.8 Å². The summed E-state index contributed by atoms with van der Waals surface area (Å²) in [5, 5.41) is 3.67. The van der Waals surface area contributed by atoms with Gasteiger partial charge in [0.25, 0.3) is 0 Å². The molecule has 1 N–H and O–H groups in total. The molecule has 1 aliphatic heterocycles. The van der Waals surface area contributed by atoms with Crippen molar-refractivity contribution in [1.29, 1.82) is 0 Å². The number of benzene rings is 1. The molecule has 0 aromatic heterocycles. The SMILES string of the molecule is CCNC(CN1CC(C)OCC1C)c1cc(C)ccc1C. The number of aryl methyl sites for hydroxylation is 2. The van der Waals surface area contributed by atoms with E-state index in [0.717, 1.165) is 26.2 Å². The number of hydrogen-bond donors (Lipinski definition) is 1. The predicted molar refractivity (Wildman–Crippen MR) is 88.8 cm³/mol. The first-order valence-electron chi connectivity index (χ1n) is 8.17. The minimum absolute atomic E-state index is 0.335. The highest BCUT2D eigenvalue weighted by molar-refractivity contribution is 5.33. The molecule has 0 aliphatic carbocycles. The quantitative estimate of drug-likeness (QED) is 0.902. The third-order valence-corrected chi connectivity index (χ3v) is 4.41. The van der Waals surface area contributed by atoms with E-state index in [4.69, 9.17) is 4.74 Å². The minimum Gasteiger partial charge on any atom is -0.376 e. The lowest BCUT2D eigenvalue weighted by Crippen LogP contribution is -2.50. The molecule has 0 spiro atoms. The van der Waals surface area contributed by atoms with Crippen molar-refractivity contribution in [2.24, 2.45) is 0 Å². The van der Waals surface area contributed by atoms with E-state index in [1.165, 1.54) is 16.7 Å². The topological polar surface area (TPSA) is 24.5 Å². The summed E-state index contributed by atoms with van der Waals surface area (Å²) in [7, 11) is 0. The number of likely N-dealkylation sites (N-methyl/N-ethyl adjacent to an activating group) is 1. The van der Waals surface area contributed by atoms with Gasteiger partial charge in [0.05, 0.1) is 12.7 Å². The van der Waals surface area contributed by atoms with Crippen molar-refractivity contribution in [3.8, 4) is 0 Å². The Morgan fingerprint density at radius 2 is 2.10 bits per heavy atom. The van der Waals surface area contributed by atoms with E-state index in [2.05, 4.69) is 63.0 Å². The fraction of sp³-hybridized carbons (Fsp3) is 0.667. The molecule has 2 rings (SSSR count). The van der Waals surface area contributed by atoms with E-state index >= 15 is 0 Å². The summed E-state index contributed by atoms with van der Waals surface area (Å²) >= 11 is 0. The maximum Gasteiger partial charge on any atom is 0.0674 e. The molecule has 118 valence electrons. The van der Waals surface area contributed by atoms with Crippen LogP contribution in [0.3, 0.4) is 0 Å². The maximum atomic E-state index is 5.75. The molecule has 0 radical (unpaired) electrons. The molecule has 1 aromatic rings. The first-order valence-corrected chi connectivity index (χ1v) is 8.17. The molecule has 3 heteroatoms. The van der Waals surface area contributed by atoms with Gasteiger partial charge in [-0.1, -0.05) is 30.7 Å². The van der Waals surface area contributed by atoms with E-state index in [1.54, 1.807) is 0 Å². The van der Waals surface area contributed by atoms with Crippen molar-refractivity contribution >= 4 is 0 Å². The summed E-state index contributed by atoms with van der Waals surface area (Å²) in [6, 6.07) is 7.65. The fourth-order valence-electron chi connectivity index (χ4n) is 3.12. The average Bonchev–Trinajstić information content (AvgIpc) is 2.45. The van der Waals surface area contributed by atoms with Gasteiger partial charge in [-0.15, -0.1) is 0 Å². The van der Waals surface area contributed by atoms with Gasteiger partial charge in [0.1, 0.15) is 0 Å². The Labute approximate surface area is 129 Å². The first kappa shape index (κ1) is 16.5. The largest absolute Gasteiger partial charge is 0.376 e. The Kier molecular flexibility index (Phi) is 5.80. The maximum absolute atomic E-state index is 5.75. The summed E-state index contributed by atoms with van der Waals surface area (Å²) in [5.74, 6) is 0. The second kappa shape index (κ2) is 7.39. The molecular weight excluding hydrogens is 260 g/mol. The van der Waals surface area contributed by atoms with Crippen LogP contribution in [0.25, 0.3) is 0 Å². The molecule has 0 saturated carbocycles. The smallest absolute Gasteiger partial charge is 0.0674 e. The number of nitrogens with one attached hydrogen (secondary N) is 1. The molecule has 0 bridgehead atoms. The van der Waals surface area contributed by atoms with Gasteiger partial charge in [0.15, 0.2) is 0 Å². The van der Waals surface area contributed by atoms with Crippen LogP contribution < -0.4 is 5.32 Å². The molecule has 0 amide bonds. The minimum atomic E-state index is 0.335. The number of nitrogens with zero attached hydrogens (tertiary/aromatic N) is 1. The van der Waals surface area contributed by atoms with E-state index in [9.17, 15) is 0 Å². The van der Waals surface area contributed by atoms with Crippen LogP contribution in [0.4, 0.5) is 0 Å². The van der Waals surface area contributed by atoms with Gasteiger partial charge in [-0.25, -0.2) is 0 Å². The average molecular weight is 290 g/mol. The van der Waals surface area contributed by atoms with Crippen LogP contribution in [-0.4, -0.2) is 43.3 Å². The van der Waals surface area contributed by atoms with Crippen LogP contribution in [-0.2, 0) is 4.74 Å². The monoisotopic (exact) mass is 290 g/mol. The second-order valence-corrected chi connectivity index (χ2v) is 6.42. The third kappa shape index (κ3) is 4.29. The van der Waals surface area contributed by atoms with Gasteiger partial charge >= 0.3 is 0 Å². The van der Waals surface area contributed by atoms with E-state index in [1.807, 2.05) is 0 Å². The van der Waals surface area contributed by atoms with Crippen LogP contribution in [0.5, 0.6) is 0 Å². The van der Waals surface area contributed by atoms with E-state index in [-0.39, 0.29) is 0 Å². The summed E-state index contributed by atoms with van der Waals surface area (Å²) in [5.41, 5.74) is 4.14. The van der Waals surface area contributed by atoms with Gasteiger partial charge in [-0.2, -0.15) is 0 Å². The molecular formula is C18H30N2O. The highest BCUT2D eigenvalue weighted by Crippen LogP contribution is 2.23. The lowest BCUT2D eigenvalue weighted by atomic mass is 9.97. The lowest BCUT2D eigenvalue weighted by Gasteiger charge is -2.39. The highest BCUT2D eigenvalue weighted by Gasteiger charge is 2.26. The zero-order valence-corrected chi connectivity index (χ0v) is 14.1. The Morgan fingerprint density at radius 3 is 2.81 bits per heavy atom. The lowest BCUT2D eigenvalue weighted by molar-refractivity contribution is -0.0521. The van der Waals surface area contributed by atoms with Crippen molar-refractivity contribution in [3.63, 3.8) is 0 Å². The zero-order chi connectivity index (χ0) is 15.4.